The van der Waals surface area contributed by atoms with Crippen molar-refractivity contribution in [1.29, 1.82) is 0 Å². The zero-order valence-corrected chi connectivity index (χ0v) is 12.8. The largest absolute Gasteiger partial charge is 0.113 e. The first kappa shape index (κ1) is 13.7. The van der Waals surface area contributed by atoms with Crippen LogP contribution in [0.15, 0.2) is 58.3 Å². The molecule has 0 aliphatic rings. The summed E-state index contributed by atoms with van der Waals surface area (Å²) in [5.41, 5.74) is 2.55. The molecule has 0 unspecified atom stereocenters. The summed E-state index contributed by atoms with van der Waals surface area (Å²) < 4.78 is 0.933. The van der Waals surface area contributed by atoms with Gasteiger partial charge >= 0.3 is 0 Å². The standard InChI is InChI=1S/C15H14S3/c1-11-3-7-13(8-4-11)17-15(16)18-14-9-5-12(2)6-10-14/h3-10H,1-2H3. The van der Waals surface area contributed by atoms with E-state index in [2.05, 4.69) is 62.4 Å². The van der Waals surface area contributed by atoms with Gasteiger partial charge < -0.3 is 0 Å². The van der Waals surface area contributed by atoms with E-state index in [0.29, 0.717) is 0 Å². The molecule has 0 aliphatic heterocycles. The minimum absolute atomic E-state index is 0.933. The Labute approximate surface area is 122 Å². The highest BCUT2D eigenvalue weighted by atomic mass is 32.2. The van der Waals surface area contributed by atoms with Crippen LogP contribution in [0.2, 0.25) is 0 Å². The van der Waals surface area contributed by atoms with Crippen LogP contribution in [-0.4, -0.2) is 3.53 Å². The zero-order valence-electron chi connectivity index (χ0n) is 10.3. The van der Waals surface area contributed by atoms with Crippen molar-refractivity contribution in [3.8, 4) is 0 Å². The molecule has 0 N–H and O–H groups in total. The quantitative estimate of drug-likeness (QED) is 0.531. The molecule has 0 nitrogen and oxygen atoms in total. The summed E-state index contributed by atoms with van der Waals surface area (Å²) in [4.78, 5) is 2.40. The predicted molar refractivity (Wildman–Crippen MR) is 86.7 cm³/mol. The van der Waals surface area contributed by atoms with Crippen molar-refractivity contribution in [3.63, 3.8) is 0 Å². The molecule has 0 atom stereocenters. The lowest BCUT2D eigenvalue weighted by Gasteiger charge is -2.04. The molecule has 0 radical (unpaired) electrons. The minimum atomic E-state index is 0.933. The summed E-state index contributed by atoms with van der Waals surface area (Å²) in [5, 5.41) is 0. The molecule has 0 spiro atoms. The van der Waals surface area contributed by atoms with Gasteiger partial charge in [-0.05, 0) is 38.1 Å². The summed E-state index contributed by atoms with van der Waals surface area (Å²) in [6.45, 7) is 4.18. The molecule has 0 aromatic heterocycles. The number of thiocarbonyl (C=S) groups is 1. The SMILES string of the molecule is Cc1ccc(SC(=S)Sc2ccc(C)cc2)cc1. The van der Waals surface area contributed by atoms with Gasteiger partial charge in [-0.1, -0.05) is 71.1 Å². The number of hydrogen-bond donors (Lipinski definition) is 0. The third-order valence-corrected chi connectivity index (χ3v) is 4.79. The van der Waals surface area contributed by atoms with Crippen LogP contribution in [0.3, 0.4) is 0 Å². The molecular weight excluding hydrogens is 276 g/mol. The second kappa shape index (κ2) is 6.41. The number of aryl methyl sites for hydroxylation is 2. The third-order valence-electron chi connectivity index (χ3n) is 2.44. The molecular formula is C15H14S3. The molecule has 0 saturated carbocycles. The molecule has 0 saturated heterocycles. The van der Waals surface area contributed by atoms with E-state index in [0.717, 1.165) is 3.53 Å². The predicted octanol–water partition coefficient (Wildman–Crippen LogP) is 5.47. The van der Waals surface area contributed by atoms with Crippen molar-refractivity contribution in [2.24, 2.45) is 0 Å². The fourth-order valence-corrected chi connectivity index (χ4v) is 3.68. The summed E-state index contributed by atoms with van der Waals surface area (Å²) in [6.07, 6.45) is 0. The number of benzene rings is 2. The van der Waals surface area contributed by atoms with Gasteiger partial charge in [0.1, 0.15) is 3.53 Å². The highest BCUT2D eigenvalue weighted by molar-refractivity contribution is 8.47. The lowest BCUT2D eigenvalue weighted by molar-refractivity contribution is 1.38. The molecule has 92 valence electrons. The lowest BCUT2D eigenvalue weighted by atomic mass is 10.2. The molecule has 2 aromatic rings. The lowest BCUT2D eigenvalue weighted by Crippen LogP contribution is -1.82. The Kier molecular flexibility index (Phi) is 4.87. The van der Waals surface area contributed by atoms with E-state index < -0.39 is 0 Å². The fraction of sp³-hybridized carbons (Fsp3) is 0.133. The number of hydrogen-bond acceptors (Lipinski definition) is 3. The van der Waals surface area contributed by atoms with Crippen molar-refractivity contribution >= 4 is 39.3 Å². The van der Waals surface area contributed by atoms with Crippen LogP contribution in [-0.2, 0) is 0 Å². The van der Waals surface area contributed by atoms with E-state index in [4.69, 9.17) is 12.2 Å². The van der Waals surface area contributed by atoms with Crippen molar-refractivity contribution < 1.29 is 0 Å². The monoisotopic (exact) mass is 290 g/mol. The Morgan fingerprint density at radius 3 is 1.39 bits per heavy atom. The Morgan fingerprint density at radius 2 is 1.06 bits per heavy atom. The van der Waals surface area contributed by atoms with Crippen LogP contribution in [0.5, 0.6) is 0 Å². The van der Waals surface area contributed by atoms with Crippen LogP contribution in [0.1, 0.15) is 11.1 Å². The molecule has 3 heteroatoms. The van der Waals surface area contributed by atoms with Crippen molar-refractivity contribution in [2.75, 3.05) is 0 Å². The molecule has 18 heavy (non-hydrogen) atoms. The second-order valence-corrected chi connectivity index (χ2v) is 7.43. The molecule has 0 amide bonds. The van der Waals surface area contributed by atoms with Gasteiger partial charge in [0, 0.05) is 9.79 Å². The molecule has 0 bridgehead atoms. The van der Waals surface area contributed by atoms with Crippen molar-refractivity contribution in [1.82, 2.24) is 0 Å². The van der Waals surface area contributed by atoms with Gasteiger partial charge in [0.25, 0.3) is 0 Å². The first-order chi connectivity index (χ1) is 8.63. The van der Waals surface area contributed by atoms with Gasteiger partial charge in [0.05, 0.1) is 0 Å². The summed E-state index contributed by atoms with van der Waals surface area (Å²) in [5.74, 6) is 0. The van der Waals surface area contributed by atoms with E-state index >= 15 is 0 Å². The van der Waals surface area contributed by atoms with Gasteiger partial charge in [-0.15, -0.1) is 0 Å². The molecule has 2 aromatic carbocycles. The van der Waals surface area contributed by atoms with E-state index in [9.17, 15) is 0 Å². The maximum atomic E-state index is 5.41. The van der Waals surface area contributed by atoms with Gasteiger partial charge in [0.15, 0.2) is 0 Å². The first-order valence-corrected chi connectivity index (χ1v) is 7.70. The van der Waals surface area contributed by atoms with E-state index in [1.54, 1.807) is 23.5 Å². The molecule has 0 aliphatic carbocycles. The van der Waals surface area contributed by atoms with Crippen molar-refractivity contribution in [2.45, 2.75) is 23.6 Å². The Hall–Kier alpha value is -0.770. The normalized spacial score (nSPS) is 10.3. The van der Waals surface area contributed by atoms with Crippen LogP contribution in [0.4, 0.5) is 0 Å². The number of thioether (sulfide) groups is 2. The van der Waals surface area contributed by atoms with E-state index in [-0.39, 0.29) is 0 Å². The average molecular weight is 290 g/mol. The maximum absolute atomic E-state index is 5.41. The van der Waals surface area contributed by atoms with Crippen LogP contribution in [0, 0.1) is 13.8 Å². The van der Waals surface area contributed by atoms with Gasteiger partial charge in [-0.2, -0.15) is 0 Å². The topological polar surface area (TPSA) is 0 Å². The molecule has 0 fully saturated rings. The Morgan fingerprint density at radius 1 is 0.722 bits per heavy atom. The van der Waals surface area contributed by atoms with Crippen LogP contribution >= 0.6 is 35.7 Å². The van der Waals surface area contributed by atoms with Crippen LogP contribution in [0.25, 0.3) is 0 Å². The average Bonchev–Trinajstić information content (AvgIpc) is 2.35. The number of rotatable bonds is 2. The minimum Gasteiger partial charge on any atom is -0.0711 e. The first-order valence-electron chi connectivity index (χ1n) is 5.66. The maximum Gasteiger partial charge on any atom is 0.113 e. The summed E-state index contributed by atoms with van der Waals surface area (Å²) in [6, 6.07) is 16.9. The van der Waals surface area contributed by atoms with Gasteiger partial charge in [-0.25, -0.2) is 0 Å². The van der Waals surface area contributed by atoms with E-state index in [1.807, 2.05) is 0 Å². The highest BCUT2D eigenvalue weighted by Gasteiger charge is 2.03. The van der Waals surface area contributed by atoms with Gasteiger partial charge in [-0.3, -0.25) is 0 Å². The Bertz CT molecular complexity index is 477. The van der Waals surface area contributed by atoms with Crippen molar-refractivity contribution in [3.05, 3.63) is 59.7 Å². The third kappa shape index (κ3) is 4.16. The summed E-state index contributed by atoms with van der Waals surface area (Å²) in [7, 11) is 0. The van der Waals surface area contributed by atoms with Gasteiger partial charge in [0.2, 0.25) is 0 Å². The second-order valence-electron chi connectivity index (χ2n) is 4.08. The fourth-order valence-electron chi connectivity index (χ4n) is 1.43. The zero-order chi connectivity index (χ0) is 13.0. The molecule has 0 heterocycles. The smallest absolute Gasteiger partial charge is 0.0711 e. The van der Waals surface area contributed by atoms with Crippen LogP contribution < -0.4 is 0 Å². The Balaban J connectivity index is 1.96. The summed E-state index contributed by atoms with van der Waals surface area (Å²) >= 11 is 8.70. The van der Waals surface area contributed by atoms with E-state index in [1.165, 1.54) is 20.9 Å². The highest BCUT2D eigenvalue weighted by Crippen LogP contribution is 2.31. The molecule has 2 rings (SSSR count).